The van der Waals surface area contributed by atoms with Gasteiger partial charge in [-0.1, -0.05) is 84.9 Å². The highest BCUT2D eigenvalue weighted by Gasteiger charge is 2.35. The molecule has 8 heteroatoms. The molecule has 4 aromatic carbocycles. The van der Waals surface area contributed by atoms with Crippen LogP contribution in [0.1, 0.15) is 22.3 Å². The second kappa shape index (κ2) is 12.6. The summed E-state index contributed by atoms with van der Waals surface area (Å²) in [7, 11) is 3.22. The molecule has 44 heavy (non-hydrogen) atoms. The molecule has 218 valence electrons. The zero-order valence-corrected chi connectivity index (χ0v) is 24.4. The van der Waals surface area contributed by atoms with Crippen LogP contribution in [-0.4, -0.2) is 60.6 Å². The van der Waals surface area contributed by atoms with E-state index in [1.165, 1.54) is 0 Å². The number of nitrogens with zero attached hydrogens (tertiary/aromatic N) is 4. The van der Waals surface area contributed by atoms with E-state index in [1.807, 2.05) is 109 Å². The lowest BCUT2D eigenvalue weighted by molar-refractivity contribution is -0.125. The first-order chi connectivity index (χ1) is 21.5. The molecule has 0 bridgehead atoms. The van der Waals surface area contributed by atoms with Crippen molar-refractivity contribution in [2.75, 3.05) is 27.3 Å². The minimum atomic E-state index is -0.237. The molecule has 0 saturated heterocycles. The van der Waals surface area contributed by atoms with Crippen molar-refractivity contribution in [1.29, 1.82) is 0 Å². The van der Waals surface area contributed by atoms with Crippen LogP contribution in [0, 0.1) is 0 Å². The van der Waals surface area contributed by atoms with Crippen molar-refractivity contribution < 1.29 is 19.1 Å². The second-order valence-electron chi connectivity index (χ2n) is 10.1. The van der Waals surface area contributed by atoms with E-state index >= 15 is 0 Å². The molecule has 0 N–H and O–H groups in total. The Morgan fingerprint density at radius 1 is 0.545 bits per heavy atom. The van der Waals surface area contributed by atoms with Crippen LogP contribution in [-0.2, 0) is 9.59 Å². The average molecular weight is 583 g/mol. The lowest BCUT2D eigenvalue weighted by Crippen LogP contribution is -2.42. The van der Waals surface area contributed by atoms with Crippen molar-refractivity contribution in [2.45, 2.75) is 0 Å². The van der Waals surface area contributed by atoms with Gasteiger partial charge in [0.05, 0.1) is 14.2 Å². The number of carbonyl (C=O) groups excluding carboxylic acids is 2. The van der Waals surface area contributed by atoms with Crippen LogP contribution in [0.15, 0.2) is 131 Å². The van der Waals surface area contributed by atoms with Crippen molar-refractivity contribution in [3.05, 3.63) is 143 Å². The van der Waals surface area contributed by atoms with Crippen molar-refractivity contribution in [3.63, 3.8) is 0 Å². The second-order valence-corrected chi connectivity index (χ2v) is 10.1. The number of amides is 2. The van der Waals surface area contributed by atoms with Gasteiger partial charge in [-0.15, -0.1) is 0 Å². The SMILES string of the molecule is COc1ccc(/C=C2\N=C(c3ccccc3)N(CCN3C(=O)/C(=C\c4ccc(OC)cc4)N=C3c3ccccc3)C2=O)cc1. The van der Waals surface area contributed by atoms with Gasteiger partial charge in [0.2, 0.25) is 0 Å². The Morgan fingerprint density at radius 2 is 0.909 bits per heavy atom. The fraction of sp³-hybridized carbons (Fsp3) is 0.111. The van der Waals surface area contributed by atoms with E-state index in [-0.39, 0.29) is 24.9 Å². The summed E-state index contributed by atoms with van der Waals surface area (Å²) in [5, 5.41) is 0. The maximum Gasteiger partial charge on any atom is 0.278 e. The van der Waals surface area contributed by atoms with Gasteiger partial charge < -0.3 is 9.47 Å². The van der Waals surface area contributed by atoms with Crippen LogP contribution in [0.25, 0.3) is 12.2 Å². The summed E-state index contributed by atoms with van der Waals surface area (Å²) < 4.78 is 10.5. The number of hydrogen-bond donors (Lipinski definition) is 0. The standard InChI is InChI=1S/C36H30N4O4/c1-43-29-17-13-25(14-18-29)23-31-35(41)39(33(37-31)27-9-5-3-6-10-27)21-22-40-34(28-11-7-4-8-12-28)38-32(36(40)42)24-26-15-19-30(44-2)20-16-26/h3-20,23-24H,21-22H2,1-2H3/b31-23-,32-24+. The van der Waals surface area contributed by atoms with Crippen molar-refractivity contribution in [3.8, 4) is 11.5 Å². The van der Waals surface area contributed by atoms with E-state index in [1.54, 1.807) is 36.2 Å². The molecule has 2 amide bonds. The topological polar surface area (TPSA) is 83.8 Å². The molecular formula is C36H30N4O4. The van der Waals surface area contributed by atoms with Crippen LogP contribution >= 0.6 is 0 Å². The minimum Gasteiger partial charge on any atom is -0.497 e. The lowest BCUT2D eigenvalue weighted by Gasteiger charge is -2.23. The molecule has 0 saturated carbocycles. The number of amidine groups is 2. The van der Waals surface area contributed by atoms with Gasteiger partial charge in [0.15, 0.2) is 0 Å². The van der Waals surface area contributed by atoms with Crippen molar-refractivity contribution in [1.82, 2.24) is 9.80 Å². The number of rotatable bonds is 9. The number of carbonyl (C=O) groups is 2. The van der Waals surface area contributed by atoms with Gasteiger partial charge >= 0.3 is 0 Å². The number of benzene rings is 4. The van der Waals surface area contributed by atoms with E-state index in [2.05, 4.69) is 0 Å². The monoisotopic (exact) mass is 582 g/mol. The van der Waals surface area contributed by atoms with E-state index in [0.717, 1.165) is 33.8 Å². The maximum atomic E-state index is 13.8. The molecule has 0 aromatic heterocycles. The smallest absolute Gasteiger partial charge is 0.278 e. The summed E-state index contributed by atoms with van der Waals surface area (Å²) in [5.74, 6) is 2.05. The molecule has 6 rings (SSSR count). The number of methoxy groups -OCH3 is 2. The Morgan fingerprint density at radius 3 is 1.25 bits per heavy atom. The Hall–Kier alpha value is -5.76. The molecule has 0 unspecified atom stereocenters. The van der Waals surface area contributed by atoms with E-state index < -0.39 is 0 Å². The lowest BCUT2D eigenvalue weighted by atomic mass is 10.1. The highest BCUT2D eigenvalue weighted by atomic mass is 16.5. The third kappa shape index (κ3) is 5.91. The molecule has 0 spiro atoms. The van der Waals surface area contributed by atoms with Crippen molar-refractivity contribution in [2.24, 2.45) is 9.98 Å². The van der Waals surface area contributed by atoms with Gasteiger partial charge in [0.1, 0.15) is 34.6 Å². The van der Waals surface area contributed by atoms with Crippen LogP contribution in [0.5, 0.6) is 11.5 Å². The van der Waals surface area contributed by atoms with Gasteiger partial charge in [-0.2, -0.15) is 0 Å². The zero-order valence-electron chi connectivity index (χ0n) is 24.4. The predicted molar refractivity (Wildman–Crippen MR) is 171 cm³/mol. The quantitative estimate of drug-likeness (QED) is 0.238. The zero-order chi connectivity index (χ0) is 30.5. The molecule has 0 fully saturated rings. The van der Waals surface area contributed by atoms with Crippen molar-refractivity contribution >= 4 is 35.6 Å². The molecule has 8 nitrogen and oxygen atoms in total. The molecule has 0 radical (unpaired) electrons. The summed E-state index contributed by atoms with van der Waals surface area (Å²) in [5.41, 5.74) is 3.91. The fourth-order valence-corrected chi connectivity index (χ4v) is 5.05. The van der Waals surface area contributed by atoms with Gasteiger partial charge in [-0.05, 0) is 47.5 Å². The molecule has 2 aliphatic heterocycles. The van der Waals surface area contributed by atoms with Crippen LogP contribution in [0.3, 0.4) is 0 Å². The van der Waals surface area contributed by atoms with Crippen LogP contribution in [0.4, 0.5) is 0 Å². The largest absolute Gasteiger partial charge is 0.497 e. The molecule has 4 aromatic rings. The first-order valence-corrected chi connectivity index (χ1v) is 14.2. The highest BCUT2D eigenvalue weighted by molar-refractivity contribution is 6.21. The average Bonchev–Trinajstić information content (AvgIpc) is 3.56. The number of ether oxygens (including phenoxy) is 2. The fourth-order valence-electron chi connectivity index (χ4n) is 5.05. The third-order valence-corrected chi connectivity index (χ3v) is 7.34. The molecular weight excluding hydrogens is 552 g/mol. The summed E-state index contributed by atoms with van der Waals surface area (Å²) in [4.78, 5) is 40.3. The Bertz CT molecular complexity index is 1660. The first-order valence-electron chi connectivity index (χ1n) is 14.2. The van der Waals surface area contributed by atoms with E-state index in [4.69, 9.17) is 19.5 Å². The predicted octanol–water partition coefficient (Wildman–Crippen LogP) is 5.66. The number of aliphatic imine (C=N–C) groups is 2. The summed E-state index contributed by atoms with van der Waals surface area (Å²) in [6.07, 6.45) is 3.52. The maximum absolute atomic E-state index is 13.8. The van der Waals surface area contributed by atoms with E-state index in [0.29, 0.717) is 23.1 Å². The third-order valence-electron chi connectivity index (χ3n) is 7.34. The first kappa shape index (κ1) is 28.4. The Labute approximate surface area is 255 Å². The summed E-state index contributed by atoms with van der Waals surface area (Å²) >= 11 is 0. The van der Waals surface area contributed by atoms with Gasteiger partial charge in [0, 0.05) is 24.2 Å². The van der Waals surface area contributed by atoms with Gasteiger partial charge in [0.25, 0.3) is 11.8 Å². The molecule has 2 aliphatic rings. The summed E-state index contributed by atoms with van der Waals surface area (Å²) in [6.45, 7) is 0.444. The minimum absolute atomic E-state index is 0.222. The molecule has 2 heterocycles. The molecule has 0 atom stereocenters. The van der Waals surface area contributed by atoms with Gasteiger partial charge in [-0.3, -0.25) is 19.4 Å². The molecule has 0 aliphatic carbocycles. The highest BCUT2D eigenvalue weighted by Crippen LogP contribution is 2.26. The van der Waals surface area contributed by atoms with Crippen LogP contribution < -0.4 is 9.47 Å². The van der Waals surface area contributed by atoms with Gasteiger partial charge in [-0.25, -0.2) is 9.98 Å². The number of hydrogen-bond acceptors (Lipinski definition) is 6. The Kier molecular flexibility index (Phi) is 8.14. The Balaban J connectivity index is 1.30. The summed E-state index contributed by atoms with van der Waals surface area (Å²) in [6, 6.07) is 34.0. The van der Waals surface area contributed by atoms with E-state index in [9.17, 15) is 9.59 Å². The van der Waals surface area contributed by atoms with Crippen LogP contribution in [0.2, 0.25) is 0 Å². The normalized spacial score (nSPS) is 16.5.